The summed E-state index contributed by atoms with van der Waals surface area (Å²) in [6.07, 6.45) is 0. The van der Waals surface area contributed by atoms with E-state index in [0.717, 1.165) is 6.07 Å². The number of hydrazone groups is 1. The Labute approximate surface area is 151 Å². The molecule has 0 saturated carbocycles. The molecule has 0 spiro atoms. The van der Waals surface area contributed by atoms with Crippen LogP contribution in [0.5, 0.6) is 11.5 Å². The molecule has 0 aliphatic heterocycles. The maximum atomic E-state index is 12.1. The lowest BCUT2D eigenvalue weighted by Crippen LogP contribution is -2.21. The van der Waals surface area contributed by atoms with Crippen LogP contribution >= 0.6 is 34.8 Å². The molecule has 0 unspecified atom stereocenters. The number of carbonyl (C=O) groups excluding carboxylic acids is 1. The SMILES string of the molecule is C/C(=N\NC(=O)c1nc(Cl)c(Cl)c(N)c1Cl)c1ccc(O)cc1O. The lowest BCUT2D eigenvalue weighted by Gasteiger charge is -2.09. The van der Waals surface area contributed by atoms with Gasteiger partial charge in [-0.2, -0.15) is 5.10 Å². The van der Waals surface area contributed by atoms with Gasteiger partial charge in [-0.15, -0.1) is 0 Å². The molecule has 0 saturated heterocycles. The largest absolute Gasteiger partial charge is 0.508 e. The second kappa shape index (κ2) is 7.12. The number of hydrogen-bond acceptors (Lipinski definition) is 6. The highest BCUT2D eigenvalue weighted by atomic mass is 35.5. The number of benzene rings is 1. The molecule has 1 heterocycles. The van der Waals surface area contributed by atoms with Crippen molar-refractivity contribution in [3.63, 3.8) is 0 Å². The van der Waals surface area contributed by atoms with Gasteiger partial charge in [0.05, 0.1) is 16.4 Å². The van der Waals surface area contributed by atoms with Crippen molar-refractivity contribution >= 4 is 52.1 Å². The van der Waals surface area contributed by atoms with E-state index >= 15 is 0 Å². The molecule has 1 aromatic heterocycles. The molecule has 10 heteroatoms. The number of phenolic OH excluding ortho intramolecular Hbond substituents is 2. The monoisotopic (exact) mass is 388 g/mol. The fraction of sp³-hybridized carbons (Fsp3) is 0.0714. The van der Waals surface area contributed by atoms with Crippen LogP contribution in [0.2, 0.25) is 15.2 Å². The van der Waals surface area contributed by atoms with E-state index in [1.54, 1.807) is 6.92 Å². The van der Waals surface area contributed by atoms with E-state index in [0.29, 0.717) is 5.56 Å². The van der Waals surface area contributed by atoms with Crippen LogP contribution in [0.1, 0.15) is 23.0 Å². The highest BCUT2D eigenvalue weighted by Gasteiger charge is 2.19. The number of aromatic nitrogens is 1. The van der Waals surface area contributed by atoms with E-state index in [-0.39, 0.29) is 43.8 Å². The summed E-state index contributed by atoms with van der Waals surface area (Å²) in [4.78, 5) is 15.9. The van der Waals surface area contributed by atoms with E-state index in [4.69, 9.17) is 40.5 Å². The molecule has 24 heavy (non-hydrogen) atoms. The van der Waals surface area contributed by atoms with Gasteiger partial charge < -0.3 is 15.9 Å². The maximum absolute atomic E-state index is 12.1. The number of hydrogen-bond donors (Lipinski definition) is 4. The lowest BCUT2D eigenvalue weighted by molar-refractivity contribution is 0.0950. The maximum Gasteiger partial charge on any atom is 0.291 e. The number of rotatable bonds is 3. The van der Waals surface area contributed by atoms with Gasteiger partial charge in [0.2, 0.25) is 0 Å². The first-order valence-electron chi connectivity index (χ1n) is 6.39. The summed E-state index contributed by atoms with van der Waals surface area (Å²) in [5.41, 5.74) is 8.16. The number of aromatic hydroxyl groups is 2. The first-order valence-corrected chi connectivity index (χ1v) is 7.52. The predicted octanol–water partition coefficient (Wildman–Crippen LogP) is 3.19. The van der Waals surface area contributed by atoms with Crippen molar-refractivity contribution in [2.45, 2.75) is 6.92 Å². The molecule has 0 radical (unpaired) electrons. The van der Waals surface area contributed by atoms with Crippen LogP contribution < -0.4 is 11.2 Å². The summed E-state index contributed by atoms with van der Waals surface area (Å²) in [6.45, 7) is 1.55. The quantitative estimate of drug-likeness (QED) is 0.365. The fourth-order valence-corrected chi connectivity index (χ4v) is 2.35. The molecule has 2 rings (SSSR count). The summed E-state index contributed by atoms with van der Waals surface area (Å²) in [5, 5.41) is 22.5. The van der Waals surface area contributed by atoms with Gasteiger partial charge in [-0.05, 0) is 19.1 Å². The van der Waals surface area contributed by atoms with Crippen LogP contribution in [0, 0.1) is 0 Å². The molecule has 2 aromatic rings. The summed E-state index contributed by atoms with van der Waals surface area (Å²) in [6, 6.07) is 3.96. The molecular weight excluding hydrogens is 379 g/mol. The zero-order valence-corrected chi connectivity index (χ0v) is 14.4. The molecule has 0 bridgehead atoms. The van der Waals surface area contributed by atoms with Crippen molar-refractivity contribution in [3.8, 4) is 11.5 Å². The predicted molar refractivity (Wildman–Crippen MR) is 93.1 cm³/mol. The third-order valence-electron chi connectivity index (χ3n) is 2.98. The number of phenols is 2. The van der Waals surface area contributed by atoms with Gasteiger partial charge in [-0.1, -0.05) is 34.8 Å². The van der Waals surface area contributed by atoms with Gasteiger partial charge in [-0.3, -0.25) is 4.79 Å². The second-order valence-corrected chi connectivity index (χ2v) is 5.75. The average molecular weight is 390 g/mol. The van der Waals surface area contributed by atoms with Gasteiger partial charge in [0.25, 0.3) is 5.91 Å². The molecule has 1 amide bonds. The number of halogens is 3. The van der Waals surface area contributed by atoms with Crippen molar-refractivity contribution in [2.24, 2.45) is 5.10 Å². The Morgan fingerprint density at radius 2 is 1.92 bits per heavy atom. The Kier molecular flexibility index (Phi) is 5.38. The highest BCUT2D eigenvalue weighted by Crippen LogP contribution is 2.34. The summed E-state index contributed by atoms with van der Waals surface area (Å²) >= 11 is 17.5. The number of pyridine rings is 1. The third kappa shape index (κ3) is 3.64. The zero-order valence-electron chi connectivity index (χ0n) is 12.1. The van der Waals surface area contributed by atoms with Crippen molar-refractivity contribution in [1.29, 1.82) is 0 Å². The van der Waals surface area contributed by atoms with Crippen molar-refractivity contribution in [1.82, 2.24) is 10.4 Å². The number of nitrogens with two attached hydrogens (primary N) is 1. The van der Waals surface area contributed by atoms with Crippen LogP contribution in [0.4, 0.5) is 5.69 Å². The molecule has 7 nitrogen and oxygen atoms in total. The number of carbonyl (C=O) groups is 1. The van der Waals surface area contributed by atoms with E-state index in [1.165, 1.54) is 12.1 Å². The minimum absolute atomic E-state index is 0.0492. The molecule has 0 aliphatic carbocycles. The van der Waals surface area contributed by atoms with Crippen molar-refractivity contribution in [3.05, 3.63) is 44.7 Å². The number of nitrogen functional groups attached to an aromatic ring is 1. The number of nitrogens with zero attached hydrogens (tertiary/aromatic N) is 2. The standard InChI is InChI=1S/C14H11Cl3N4O3/c1-5(7-3-2-6(22)4-8(7)23)20-21-14(24)12-9(15)11(18)10(16)13(17)19-12/h2-4,22-23H,1H3,(H2,18,19)(H,21,24)/b20-5+. The van der Waals surface area contributed by atoms with E-state index < -0.39 is 5.91 Å². The third-order valence-corrected chi connectivity index (χ3v) is 4.12. The summed E-state index contributed by atoms with van der Waals surface area (Å²) in [5.74, 6) is -1.06. The van der Waals surface area contributed by atoms with Gasteiger partial charge in [0.15, 0.2) is 10.8 Å². The Balaban J connectivity index is 2.27. The van der Waals surface area contributed by atoms with E-state index in [9.17, 15) is 15.0 Å². The minimum Gasteiger partial charge on any atom is -0.508 e. The van der Waals surface area contributed by atoms with Crippen LogP contribution in [-0.2, 0) is 0 Å². The Morgan fingerprint density at radius 3 is 2.54 bits per heavy atom. The van der Waals surface area contributed by atoms with Gasteiger partial charge in [0.1, 0.15) is 16.5 Å². The molecule has 126 valence electrons. The van der Waals surface area contributed by atoms with Crippen molar-refractivity contribution in [2.75, 3.05) is 5.73 Å². The Morgan fingerprint density at radius 1 is 1.25 bits per heavy atom. The molecule has 0 fully saturated rings. The highest BCUT2D eigenvalue weighted by molar-refractivity contribution is 6.46. The van der Waals surface area contributed by atoms with Gasteiger partial charge >= 0.3 is 0 Å². The minimum atomic E-state index is -0.761. The molecule has 0 atom stereocenters. The molecular formula is C14H11Cl3N4O3. The summed E-state index contributed by atoms with van der Waals surface area (Å²) in [7, 11) is 0. The van der Waals surface area contributed by atoms with Gasteiger partial charge in [-0.25, -0.2) is 10.4 Å². The topological polar surface area (TPSA) is 121 Å². The molecule has 0 aliphatic rings. The number of nitrogens with one attached hydrogen (secondary N) is 1. The van der Waals surface area contributed by atoms with Crippen LogP contribution in [-0.4, -0.2) is 26.8 Å². The van der Waals surface area contributed by atoms with Crippen LogP contribution in [0.3, 0.4) is 0 Å². The lowest BCUT2D eigenvalue weighted by atomic mass is 10.1. The Hall–Kier alpha value is -2.22. The average Bonchev–Trinajstić information content (AvgIpc) is 2.53. The molecule has 5 N–H and O–H groups in total. The van der Waals surface area contributed by atoms with Crippen LogP contribution in [0.15, 0.2) is 23.3 Å². The van der Waals surface area contributed by atoms with E-state index in [2.05, 4.69) is 15.5 Å². The normalized spacial score (nSPS) is 11.4. The number of anilines is 1. The van der Waals surface area contributed by atoms with Gasteiger partial charge in [0, 0.05) is 11.6 Å². The number of amides is 1. The molecule has 1 aromatic carbocycles. The van der Waals surface area contributed by atoms with Crippen molar-refractivity contribution < 1.29 is 15.0 Å². The smallest absolute Gasteiger partial charge is 0.291 e. The Bertz CT molecular complexity index is 856. The summed E-state index contributed by atoms with van der Waals surface area (Å²) < 4.78 is 0. The first-order chi connectivity index (χ1) is 11.2. The van der Waals surface area contributed by atoms with E-state index in [1.807, 2.05) is 0 Å². The first kappa shape index (κ1) is 18.1. The zero-order chi connectivity index (χ0) is 18.0. The van der Waals surface area contributed by atoms with Crippen LogP contribution in [0.25, 0.3) is 0 Å². The second-order valence-electron chi connectivity index (χ2n) is 4.63. The fourth-order valence-electron chi connectivity index (χ4n) is 1.76.